The van der Waals surface area contributed by atoms with Gasteiger partial charge in [0.1, 0.15) is 5.75 Å². The standard InChI is InChI=1S/C22H29N3O3S.HI/c1-4-23-22(24-15-17-5-11-21(12-6-17)29(3,26)27)25-14-13-19(16-25)18-7-9-20(28-2)10-8-18;/h5-12,19H,4,13-16H2,1-3H3,(H,23,24);1H. The van der Waals surface area contributed by atoms with Crippen LogP contribution >= 0.6 is 24.0 Å². The van der Waals surface area contributed by atoms with E-state index in [4.69, 9.17) is 9.73 Å². The van der Waals surface area contributed by atoms with Gasteiger partial charge in [0.05, 0.1) is 18.6 Å². The van der Waals surface area contributed by atoms with Gasteiger partial charge in [-0.05, 0) is 48.7 Å². The fourth-order valence-corrected chi connectivity index (χ4v) is 4.17. The van der Waals surface area contributed by atoms with Gasteiger partial charge in [0, 0.05) is 31.8 Å². The highest BCUT2D eigenvalue weighted by atomic mass is 127. The number of sulfone groups is 1. The number of guanidine groups is 1. The SMILES string of the molecule is CCNC(=NCc1ccc(S(C)(=O)=O)cc1)N1CCC(c2ccc(OC)cc2)C1.I. The molecule has 1 aliphatic rings. The van der Waals surface area contributed by atoms with Crippen LogP contribution in [0.2, 0.25) is 0 Å². The fourth-order valence-electron chi connectivity index (χ4n) is 3.53. The number of likely N-dealkylation sites (tertiary alicyclic amines) is 1. The Bertz CT molecular complexity index is 945. The molecule has 0 aliphatic carbocycles. The molecule has 0 spiro atoms. The van der Waals surface area contributed by atoms with Crippen molar-refractivity contribution < 1.29 is 13.2 Å². The van der Waals surface area contributed by atoms with Crippen molar-refractivity contribution in [3.63, 3.8) is 0 Å². The molecule has 30 heavy (non-hydrogen) atoms. The van der Waals surface area contributed by atoms with E-state index in [-0.39, 0.29) is 24.0 Å². The summed E-state index contributed by atoms with van der Waals surface area (Å²) >= 11 is 0. The van der Waals surface area contributed by atoms with E-state index in [0.717, 1.165) is 43.3 Å². The molecular weight excluding hydrogens is 513 g/mol. The Morgan fingerprint density at radius 1 is 1.17 bits per heavy atom. The lowest BCUT2D eigenvalue weighted by Gasteiger charge is -2.22. The molecule has 6 nitrogen and oxygen atoms in total. The summed E-state index contributed by atoms with van der Waals surface area (Å²) < 4.78 is 28.5. The molecule has 1 fully saturated rings. The number of rotatable bonds is 6. The minimum Gasteiger partial charge on any atom is -0.497 e. The van der Waals surface area contributed by atoms with E-state index in [1.807, 2.05) is 24.3 Å². The number of ether oxygens (including phenoxy) is 1. The summed E-state index contributed by atoms with van der Waals surface area (Å²) in [7, 11) is -1.49. The van der Waals surface area contributed by atoms with Crippen LogP contribution in [0.5, 0.6) is 5.75 Å². The van der Waals surface area contributed by atoms with E-state index in [2.05, 4.69) is 29.3 Å². The van der Waals surface area contributed by atoms with Crippen LogP contribution in [0.25, 0.3) is 0 Å². The minimum absolute atomic E-state index is 0. The summed E-state index contributed by atoms with van der Waals surface area (Å²) in [4.78, 5) is 7.40. The van der Waals surface area contributed by atoms with Crippen molar-refractivity contribution in [1.82, 2.24) is 10.2 Å². The molecule has 1 saturated heterocycles. The van der Waals surface area contributed by atoms with E-state index < -0.39 is 9.84 Å². The summed E-state index contributed by atoms with van der Waals surface area (Å²) in [6, 6.07) is 15.2. The van der Waals surface area contributed by atoms with Crippen LogP contribution in [0.4, 0.5) is 0 Å². The summed E-state index contributed by atoms with van der Waals surface area (Å²) in [6.45, 7) is 5.25. The number of halogens is 1. The Morgan fingerprint density at radius 3 is 2.40 bits per heavy atom. The summed E-state index contributed by atoms with van der Waals surface area (Å²) in [5.41, 5.74) is 2.30. The quantitative estimate of drug-likeness (QED) is 0.342. The second-order valence-electron chi connectivity index (χ2n) is 7.29. The number of nitrogens with zero attached hydrogens (tertiary/aromatic N) is 2. The molecule has 0 aromatic heterocycles. The van der Waals surface area contributed by atoms with Crippen LogP contribution < -0.4 is 10.1 Å². The lowest BCUT2D eigenvalue weighted by molar-refractivity contribution is 0.414. The molecule has 2 aromatic carbocycles. The van der Waals surface area contributed by atoms with Gasteiger partial charge in [-0.2, -0.15) is 0 Å². The zero-order valence-electron chi connectivity index (χ0n) is 17.7. The first-order chi connectivity index (χ1) is 13.9. The lowest BCUT2D eigenvalue weighted by atomic mass is 9.98. The monoisotopic (exact) mass is 543 g/mol. The average molecular weight is 543 g/mol. The van der Waals surface area contributed by atoms with Gasteiger partial charge in [0.25, 0.3) is 0 Å². The first kappa shape index (κ1) is 24.5. The first-order valence-corrected chi connectivity index (χ1v) is 11.8. The van der Waals surface area contributed by atoms with Gasteiger partial charge in [0.2, 0.25) is 0 Å². The zero-order valence-corrected chi connectivity index (χ0v) is 20.8. The average Bonchev–Trinajstić information content (AvgIpc) is 3.21. The van der Waals surface area contributed by atoms with Crippen LogP contribution in [0.3, 0.4) is 0 Å². The third kappa shape index (κ3) is 6.34. The Morgan fingerprint density at radius 2 is 1.83 bits per heavy atom. The van der Waals surface area contributed by atoms with Crippen molar-refractivity contribution in [3.05, 3.63) is 59.7 Å². The number of nitrogens with one attached hydrogen (secondary N) is 1. The highest BCUT2D eigenvalue weighted by Gasteiger charge is 2.26. The van der Waals surface area contributed by atoms with Crippen molar-refractivity contribution in [2.24, 2.45) is 4.99 Å². The number of hydrogen-bond donors (Lipinski definition) is 1. The van der Waals surface area contributed by atoms with Gasteiger partial charge in [-0.1, -0.05) is 24.3 Å². The number of methoxy groups -OCH3 is 1. The van der Waals surface area contributed by atoms with E-state index in [9.17, 15) is 8.42 Å². The van der Waals surface area contributed by atoms with Gasteiger partial charge < -0.3 is 15.0 Å². The Kier molecular flexibility index (Phi) is 8.96. The van der Waals surface area contributed by atoms with E-state index in [0.29, 0.717) is 17.4 Å². The molecule has 1 atom stereocenters. The van der Waals surface area contributed by atoms with Crippen LogP contribution in [0, 0.1) is 0 Å². The van der Waals surface area contributed by atoms with Crippen LogP contribution in [0.15, 0.2) is 58.4 Å². The first-order valence-electron chi connectivity index (χ1n) is 9.87. The van der Waals surface area contributed by atoms with Crippen molar-refractivity contribution >= 4 is 39.8 Å². The summed E-state index contributed by atoms with van der Waals surface area (Å²) in [5, 5.41) is 3.38. The molecule has 1 unspecified atom stereocenters. The molecule has 1 N–H and O–H groups in total. The molecule has 164 valence electrons. The predicted octanol–water partition coefficient (Wildman–Crippen LogP) is 3.67. The number of aliphatic imine (C=N–C) groups is 1. The molecule has 0 radical (unpaired) electrons. The number of benzene rings is 2. The maximum Gasteiger partial charge on any atom is 0.194 e. The molecule has 1 heterocycles. The molecule has 0 bridgehead atoms. The second-order valence-corrected chi connectivity index (χ2v) is 9.31. The zero-order chi connectivity index (χ0) is 20.9. The molecule has 8 heteroatoms. The lowest BCUT2D eigenvalue weighted by Crippen LogP contribution is -2.40. The molecule has 1 aliphatic heterocycles. The Hall–Kier alpha value is -1.81. The van der Waals surface area contributed by atoms with Gasteiger partial charge in [-0.3, -0.25) is 0 Å². The van der Waals surface area contributed by atoms with Crippen molar-refractivity contribution in [1.29, 1.82) is 0 Å². The maximum atomic E-state index is 11.6. The largest absolute Gasteiger partial charge is 0.497 e. The normalized spacial score (nSPS) is 16.8. The molecule has 2 aromatic rings. The third-order valence-corrected chi connectivity index (χ3v) is 6.30. The van der Waals surface area contributed by atoms with Gasteiger partial charge in [-0.15, -0.1) is 24.0 Å². The summed E-state index contributed by atoms with van der Waals surface area (Å²) in [5.74, 6) is 2.25. The minimum atomic E-state index is -3.17. The van der Waals surface area contributed by atoms with Crippen molar-refractivity contribution in [2.45, 2.75) is 30.7 Å². The van der Waals surface area contributed by atoms with E-state index in [1.165, 1.54) is 11.8 Å². The highest BCUT2D eigenvalue weighted by molar-refractivity contribution is 14.0. The number of hydrogen-bond acceptors (Lipinski definition) is 4. The van der Waals surface area contributed by atoms with E-state index in [1.54, 1.807) is 19.2 Å². The highest BCUT2D eigenvalue weighted by Crippen LogP contribution is 2.28. The summed E-state index contributed by atoms with van der Waals surface area (Å²) in [6.07, 6.45) is 2.30. The van der Waals surface area contributed by atoms with Crippen molar-refractivity contribution in [3.8, 4) is 5.75 Å². The van der Waals surface area contributed by atoms with Gasteiger partial charge in [-0.25, -0.2) is 13.4 Å². The van der Waals surface area contributed by atoms with Crippen LogP contribution in [-0.2, 0) is 16.4 Å². The van der Waals surface area contributed by atoms with Crippen LogP contribution in [-0.4, -0.2) is 52.3 Å². The maximum absolute atomic E-state index is 11.6. The Balaban J connectivity index is 0.00000320. The molecule has 3 rings (SSSR count). The molecular formula is C22H30IN3O3S. The van der Waals surface area contributed by atoms with Crippen LogP contribution in [0.1, 0.15) is 30.4 Å². The second kappa shape index (κ2) is 11.0. The smallest absolute Gasteiger partial charge is 0.194 e. The van der Waals surface area contributed by atoms with Gasteiger partial charge >= 0.3 is 0 Å². The fraction of sp³-hybridized carbons (Fsp3) is 0.409. The van der Waals surface area contributed by atoms with Crippen molar-refractivity contribution in [2.75, 3.05) is 33.0 Å². The molecule has 0 saturated carbocycles. The topological polar surface area (TPSA) is 71.0 Å². The van der Waals surface area contributed by atoms with Gasteiger partial charge in [0.15, 0.2) is 15.8 Å². The third-order valence-electron chi connectivity index (χ3n) is 5.17. The van der Waals surface area contributed by atoms with E-state index >= 15 is 0 Å². The predicted molar refractivity (Wildman–Crippen MR) is 132 cm³/mol. The molecule has 0 amide bonds. The Labute approximate surface area is 196 Å².